The van der Waals surface area contributed by atoms with E-state index in [1.165, 1.54) is 10.9 Å². The van der Waals surface area contributed by atoms with Crippen molar-refractivity contribution in [3.63, 3.8) is 0 Å². The Kier molecular flexibility index (Phi) is 1.68. The SMILES string of the molecule is CCc1cc#cc2ccncc12. The van der Waals surface area contributed by atoms with E-state index in [1.807, 2.05) is 18.3 Å². The molecule has 12 heavy (non-hydrogen) atoms. The minimum absolute atomic E-state index is 1.02. The fourth-order valence-electron chi connectivity index (χ4n) is 1.33. The number of fused-ring (bicyclic) bond motifs is 1. The molecule has 0 saturated carbocycles. The van der Waals surface area contributed by atoms with Crippen LogP contribution in [-0.4, -0.2) is 4.98 Å². The largest absolute Gasteiger partial charge is 0.264 e. The van der Waals surface area contributed by atoms with E-state index < -0.39 is 0 Å². The Morgan fingerprint density at radius 1 is 1.50 bits per heavy atom. The minimum Gasteiger partial charge on any atom is -0.264 e. The third-order valence-corrected chi connectivity index (χ3v) is 2.00. The molecule has 1 heterocycles. The summed E-state index contributed by atoms with van der Waals surface area (Å²) in [6, 6.07) is 10.0. The van der Waals surface area contributed by atoms with Crippen molar-refractivity contribution in [2.24, 2.45) is 0 Å². The predicted octanol–water partition coefficient (Wildman–Crippen LogP) is 2.40. The lowest BCUT2D eigenvalue weighted by molar-refractivity contribution is 1.16. The van der Waals surface area contributed by atoms with Crippen molar-refractivity contribution in [2.75, 3.05) is 0 Å². The second kappa shape index (κ2) is 2.83. The van der Waals surface area contributed by atoms with E-state index in [2.05, 4.69) is 24.0 Å². The van der Waals surface area contributed by atoms with Crippen LogP contribution in [0.25, 0.3) is 10.8 Å². The topological polar surface area (TPSA) is 12.9 Å². The summed E-state index contributed by atoms with van der Waals surface area (Å²) in [5, 5.41) is 2.29. The molecule has 0 atom stereocenters. The average Bonchev–Trinajstić information content (AvgIpc) is 2.17. The van der Waals surface area contributed by atoms with Crippen LogP contribution in [0.5, 0.6) is 0 Å². The highest BCUT2D eigenvalue weighted by Gasteiger charge is 1.95. The molecule has 0 spiro atoms. The monoisotopic (exact) mass is 155 g/mol. The van der Waals surface area contributed by atoms with Gasteiger partial charge in [-0.05, 0) is 24.1 Å². The van der Waals surface area contributed by atoms with Gasteiger partial charge in [-0.1, -0.05) is 19.1 Å². The van der Waals surface area contributed by atoms with Gasteiger partial charge in [0.05, 0.1) is 0 Å². The minimum atomic E-state index is 1.02. The summed E-state index contributed by atoms with van der Waals surface area (Å²) in [6.07, 6.45) is 4.69. The van der Waals surface area contributed by atoms with E-state index in [-0.39, 0.29) is 0 Å². The quantitative estimate of drug-likeness (QED) is 0.616. The zero-order valence-electron chi connectivity index (χ0n) is 6.96. The number of aromatic nitrogens is 1. The van der Waals surface area contributed by atoms with Crippen LogP contribution in [-0.2, 0) is 6.42 Å². The molecule has 58 valence electrons. The summed E-state index contributed by atoms with van der Waals surface area (Å²) in [7, 11) is 0. The van der Waals surface area contributed by atoms with Crippen LogP contribution < -0.4 is 0 Å². The van der Waals surface area contributed by atoms with Gasteiger partial charge in [-0.15, -0.1) is 0 Å². The van der Waals surface area contributed by atoms with Crippen LogP contribution in [0.2, 0.25) is 0 Å². The van der Waals surface area contributed by atoms with Gasteiger partial charge in [0.2, 0.25) is 0 Å². The zero-order chi connectivity index (χ0) is 8.39. The highest BCUT2D eigenvalue weighted by atomic mass is 14.6. The third kappa shape index (κ3) is 1.02. The van der Waals surface area contributed by atoms with Crippen molar-refractivity contribution in [1.82, 2.24) is 4.98 Å². The van der Waals surface area contributed by atoms with Gasteiger partial charge in [0.1, 0.15) is 0 Å². The van der Waals surface area contributed by atoms with Crippen LogP contribution in [0.15, 0.2) is 24.5 Å². The molecule has 1 aromatic heterocycles. The Bertz CT molecular complexity index is 388. The molecular weight excluding hydrogens is 146 g/mol. The number of rotatable bonds is 1. The molecule has 2 aromatic rings. The zero-order valence-corrected chi connectivity index (χ0v) is 6.96. The molecule has 0 N–H and O–H groups in total. The Balaban J connectivity index is 2.79. The van der Waals surface area contributed by atoms with Crippen molar-refractivity contribution in [1.29, 1.82) is 0 Å². The van der Waals surface area contributed by atoms with E-state index >= 15 is 0 Å². The molecule has 1 nitrogen and oxygen atoms in total. The number of nitrogens with zero attached hydrogens (tertiary/aromatic N) is 1. The van der Waals surface area contributed by atoms with Crippen LogP contribution in [0.4, 0.5) is 0 Å². The lowest BCUT2D eigenvalue weighted by Crippen LogP contribution is -1.82. The second-order valence-corrected chi connectivity index (χ2v) is 2.71. The van der Waals surface area contributed by atoms with E-state index in [0.29, 0.717) is 0 Å². The lowest BCUT2D eigenvalue weighted by atomic mass is 10.1. The number of hydrogen-bond acceptors (Lipinski definition) is 1. The highest BCUT2D eigenvalue weighted by molar-refractivity contribution is 5.82. The summed E-state index contributed by atoms with van der Waals surface area (Å²) in [5.41, 5.74) is 1.29. The van der Waals surface area contributed by atoms with Gasteiger partial charge < -0.3 is 0 Å². The Hall–Kier alpha value is -1.55. The van der Waals surface area contributed by atoms with E-state index in [0.717, 1.165) is 11.8 Å². The molecule has 0 aliphatic carbocycles. The van der Waals surface area contributed by atoms with Crippen molar-refractivity contribution < 1.29 is 0 Å². The Morgan fingerprint density at radius 2 is 2.42 bits per heavy atom. The first kappa shape index (κ1) is 7.12. The molecule has 0 saturated heterocycles. The van der Waals surface area contributed by atoms with Gasteiger partial charge in [-0.3, -0.25) is 4.98 Å². The van der Waals surface area contributed by atoms with Crippen molar-refractivity contribution in [3.8, 4) is 0 Å². The molecule has 0 aliphatic rings. The molecule has 0 unspecified atom stereocenters. The molecule has 0 aliphatic heterocycles. The van der Waals surface area contributed by atoms with Gasteiger partial charge in [-0.2, -0.15) is 0 Å². The summed E-state index contributed by atoms with van der Waals surface area (Å²) in [4.78, 5) is 4.09. The number of pyridine rings is 1. The van der Waals surface area contributed by atoms with Crippen LogP contribution in [0, 0.1) is 12.1 Å². The Labute approximate surface area is 72.1 Å². The Morgan fingerprint density at radius 3 is 3.25 bits per heavy atom. The molecule has 1 heteroatoms. The molecule has 2 rings (SSSR count). The normalized spacial score (nSPS) is 9.75. The first-order valence-electron chi connectivity index (χ1n) is 4.07. The lowest BCUT2D eigenvalue weighted by Gasteiger charge is -1.98. The van der Waals surface area contributed by atoms with E-state index in [4.69, 9.17) is 0 Å². The number of aryl methyl sites for hydroxylation is 1. The summed E-state index contributed by atoms with van der Waals surface area (Å²) in [6.45, 7) is 2.13. The van der Waals surface area contributed by atoms with E-state index in [9.17, 15) is 0 Å². The van der Waals surface area contributed by atoms with Crippen molar-refractivity contribution in [2.45, 2.75) is 13.3 Å². The van der Waals surface area contributed by atoms with Gasteiger partial charge in [0.15, 0.2) is 0 Å². The fraction of sp³-hybridized carbons (Fsp3) is 0.182. The maximum atomic E-state index is 4.09. The summed E-state index contributed by atoms with van der Waals surface area (Å²) < 4.78 is 0. The van der Waals surface area contributed by atoms with Crippen LogP contribution >= 0.6 is 0 Å². The van der Waals surface area contributed by atoms with Crippen molar-refractivity contribution in [3.05, 3.63) is 42.2 Å². The van der Waals surface area contributed by atoms with Gasteiger partial charge in [0.25, 0.3) is 0 Å². The van der Waals surface area contributed by atoms with Crippen LogP contribution in [0.1, 0.15) is 12.5 Å². The highest BCUT2D eigenvalue weighted by Crippen LogP contribution is 2.14. The number of hydrogen-bond donors (Lipinski definition) is 0. The molecule has 1 aromatic carbocycles. The van der Waals surface area contributed by atoms with Gasteiger partial charge >= 0.3 is 0 Å². The molecule has 0 amide bonds. The van der Waals surface area contributed by atoms with E-state index in [1.54, 1.807) is 6.20 Å². The van der Waals surface area contributed by atoms with Gasteiger partial charge in [-0.25, -0.2) is 0 Å². The first-order chi connectivity index (χ1) is 5.92. The van der Waals surface area contributed by atoms with Crippen LogP contribution in [0.3, 0.4) is 0 Å². The summed E-state index contributed by atoms with van der Waals surface area (Å²) >= 11 is 0. The molecular formula is C11H9N. The first-order valence-corrected chi connectivity index (χ1v) is 4.07. The molecule has 0 fully saturated rings. The van der Waals surface area contributed by atoms with Crippen molar-refractivity contribution >= 4 is 10.8 Å². The fourth-order valence-corrected chi connectivity index (χ4v) is 1.33. The maximum Gasteiger partial charge on any atom is 0.0355 e. The predicted molar refractivity (Wildman–Crippen MR) is 48.8 cm³/mol. The maximum absolute atomic E-state index is 4.09. The standard InChI is InChI=1S/C11H9N/c1-2-9-4-3-5-10-6-7-12-8-11(9)10/h4,6-8H,2H2,1H3. The second-order valence-electron chi connectivity index (χ2n) is 2.71. The molecule has 0 radical (unpaired) electrons. The third-order valence-electron chi connectivity index (χ3n) is 2.00. The average molecular weight is 155 g/mol. The van der Waals surface area contributed by atoms with Gasteiger partial charge in [0, 0.05) is 23.2 Å². The molecule has 0 bridgehead atoms. The smallest absolute Gasteiger partial charge is 0.0355 e. The summed E-state index contributed by atoms with van der Waals surface area (Å²) in [5.74, 6) is 0.